The molecule has 0 aromatic heterocycles. The van der Waals surface area contributed by atoms with Crippen LogP contribution >= 0.6 is 0 Å². The number of nitrogens with zero attached hydrogens (tertiary/aromatic N) is 1. The monoisotopic (exact) mass is 391 g/mol. The van der Waals surface area contributed by atoms with E-state index in [0.717, 1.165) is 6.42 Å². The number of allylic oxidation sites excluding steroid dienone is 2. The van der Waals surface area contributed by atoms with Crippen LogP contribution in [0.2, 0.25) is 0 Å². The van der Waals surface area contributed by atoms with Crippen LogP contribution in [0.5, 0.6) is 5.75 Å². The molecule has 1 heterocycles. The summed E-state index contributed by atoms with van der Waals surface area (Å²) in [6.07, 6.45) is 5.03. The van der Waals surface area contributed by atoms with Crippen molar-refractivity contribution in [2.45, 2.75) is 6.42 Å². The molecule has 0 N–H and O–H groups in total. The smallest absolute Gasteiger partial charge is 0.238 e. The number of carbonyl (C=O) groups excluding carboxylic acids is 3. The largest absolute Gasteiger partial charge is 0.485 e. The number of Topliss-reactive ketones (excluding diaryl/α,β-unsaturated/α-hetero) is 1. The van der Waals surface area contributed by atoms with Gasteiger partial charge in [0.05, 0.1) is 17.5 Å². The van der Waals surface area contributed by atoms with Crippen molar-refractivity contribution in [3.63, 3.8) is 0 Å². The van der Waals surface area contributed by atoms with Crippen LogP contribution in [0.4, 0.5) is 10.1 Å². The number of hydrogen-bond donors (Lipinski definition) is 0. The quantitative estimate of drug-likeness (QED) is 0.445. The Morgan fingerprint density at radius 2 is 1.52 bits per heavy atom. The highest BCUT2D eigenvalue weighted by Crippen LogP contribution is 2.53. The van der Waals surface area contributed by atoms with Crippen LogP contribution < -0.4 is 9.64 Å². The number of halogens is 1. The number of rotatable bonds is 5. The lowest BCUT2D eigenvalue weighted by molar-refractivity contribution is -0.123. The molecule has 29 heavy (non-hydrogen) atoms. The molecule has 4 unspecified atom stereocenters. The van der Waals surface area contributed by atoms with Crippen molar-refractivity contribution < 1.29 is 23.5 Å². The number of carbonyl (C=O) groups is 3. The summed E-state index contributed by atoms with van der Waals surface area (Å²) in [5.74, 6) is -0.604. The van der Waals surface area contributed by atoms with Crippen molar-refractivity contribution in [1.29, 1.82) is 0 Å². The average molecular weight is 391 g/mol. The van der Waals surface area contributed by atoms with Crippen LogP contribution in [0, 0.1) is 29.5 Å². The molecule has 3 aliphatic rings. The van der Waals surface area contributed by atoms with Gasteiger partial charge in [-0.25, -0.2) is 4.39 Å². The van der Waals surface area contributed by atoms with Crippen LogP contribution in [0.15, 0.2) is 60.7 Å². The highest BCUT2D eigenvalue weighted by atomic mass is 19.1. The number of benzene rings is 2. The molecule has 2 fully saturated rings. The molecule has 146 valence electrons. The molecule has 2 aromatic carbocycles. The van der Waals surface area contributed by atoms with Gasteiger partial charge in [-0.05, 0) is 66.8 Å². The zero-order valence-electron chi connectivity index (χ0n) is 15.5. The van der Waals surface area contributed by atoms with Crippen molar-refractivity contribution >= 4 is 23.3 Å². The van der Waals surface area contributed by atoms with Crippen molar-refractivity contribution in [1.82, 2.24) is 0 Å². The first kappa shape index (κ1) is 17.8. The lowest BCUT2D eigenvalue weighted by Gasteiger charge is -2.17. The molecular weight excluding hydrogens is 373 g/mol. The summed E-state index contributed by atoms with van der Waals surface area (Å²) in [7, 11) is 0. The van der Waals surface area contributed by atoms with E-state index in [1.165, 1.54) is 29.2 Å². The van der Waals surface area contributed by atoms with E-state index in [1.54, 1.807) is 24.3 Å². The minimum absolute atomic E-state index is 0.128. The fraction of sp³-hybridized carbons (Fsp3) is 0.261. The third kappa shape index (κ3) is 2.87. The van der Waals surface area contributed by atoms with Gasteiger partial charge in [-0.1, -0.05) is 12.2 Å². The number of hydrogen-bond acceptors (Lipinski definition) is 4. The second kappa shape index (κ2) is 6.65. The molecule has 2 aromatic rings. The maximum Gasteiger partial charge on any atom is 0.238 e. The van der Waals surface area contributed by atoms with Gasteiger partial charge in [0.2, 0.25) is 11.8 Å². The molecule has 5 rings (SSSR count). The van der Waals surface area contributed by atoms with E-state index in [9.17, 15) is 18.8 Å². The molecule has 1 aliphatic heterocycles. The van der Waals surface area contributed by atoms with E-state index in [0.29, 0.717) is 17.0 Å². The fourth-order valence-electron chi connectivity index (χ4n) is 4.72. The summed E-state index contributed by atoms with van der Waals surface area (Å²) in [5, 5.41) is 0. The Kier molecular flexibility index (Phi) is 4.08. The number of amides is 2. The molecule has 0 spiro atoms. The fourth-order valence-corrected chi connectivity index (χ4v) is 4.72. The summed E-state index contributed by atoms with van der Waals surface area (Å²) in [4.78, 5) is 39.1. The first-order valence-corrected chi connectivity index (χ1v) is 9.61. The van der Waals surface area contributed by atoms with E-state index in [4.69, 9.17) is 4.74 Å². The molecule has 4 atom stereocenters. The number of ketones is 1. The highest BCUT2D eigenvalue weighted by Gasteiger charge is 2.59. The van der Waals surface area contributed by atoms with Gasteiger partial charge < -0.3 is 4.74 Å². The SMILES string of the molecule is O=C(COc1ccc(N2C(=O)C3C4C=CC(C4)C3C2=O)cc1)c1ccc(F)cc1. The first-order valence-electron chi connectivity index (χ1n) is 9.61. The van der Waals surface area contributed by atoms with Gasteiger partial charge in [-0.3, -0.25) is 19.3 Å². The topological polar surface area (TPSA) is 63.7 Å². The summed E-state index contributed by atoms with van der Waals surface area (Å²) in [6.45, 7) is -0.189. The Morgan fingerprint density at radius 3 is 2.10 bits per heavy atom. The van der Waals surface area contributed by atoms with Gasteiger partial charge in [0.25, 0.3) is 0 Å². The molecule has 2 amide bonds. The molecular formula is C23H18FNO4. The molecule has 6 heteroatoms. The predicted molar refractivity (Wildman–Crippen MR) is 103 cm³/mol. The summed E-state index contributed by atoms with van der Waals surface area (Å²) < 4.78 is 18.4. The number of fused-ring (bicyclic) bond motifs is 5. The minimum atomic E-state index is -0.406. The van der Waals surface area contributed by atoms with E-state index in [-0.39, 0.29) is 47.9 Å². The lowest BCUT2D eigenvalue weighted by Crippen LogP contribution is -2.32. The third-order valence-corrected chi connectivity index (χ3v) is 6.10. The Balaban J connectivity index is 1.26. The number of imide groups is 1. The van der Waals surface area contributed by atoms with Crippen LogP contribution in [-0.2, 0) is 9.59 Å². The molecule has 0 radical (unpaired) electrons. The molecule has 2 bridgehead atoms. The second-order valence-corrected chi connectivity index (χ2v) is 7.72. The van der Waals surface area contributed by atoms with Gasteiger partial charge in [0, 0.05) is 5.56 Å². The predicted octanol–water partition coefficient (Wildman–Crippen LogP) is 3.40. The Bertz CT molecular complexity index is 998. The van der Waals surface area contributed by atoms with E-state index in [1.807, 2.05) is 0 Å². The van der Waals surface area contributed by atoms with E-state index in [2.05, 4.69) is 12.2 Å². The maximum atomic E-state index is 12.9. The van der Waals surface area contributed by atoms with Crippen LogP contribution in [0.25, 0.3) is 0 Å². The van der Waals surface area contributed by atoms with Crippen LogP contribution in [0.3, 0.4) is 0 Å². The van der Waals surface area contributed by atoms with Crippen molar-refractivity contribution in [3.05, 3.63) is 72.1 Å². The summed E-state index contributed by atoms with van der Waals surface area (Å²) in [6, 6.07) is 11.9. The highest BCUT2D eigenvalue weighted by molar-refractivity contribution is 6.22. The molecule has 1 saturated carbocycles. The van der Waals surface area contributed by atoms with E-state index < -0.39 is 5.82 Å². The normalized spacial score (nSPS) is 26.9. The van der Waals surface area contributed by atoms with Crippen molar-refractivity contribution in [3.8, 4) is 5.75 Å². The zero-order valence-corrected chi connectivity index (χ0v) is 15.5. The second-order valence-electron chi connectivity index (χ2n) is 7.72. The Morgan fingerprint density at radius 1 is 0.931 bits per heavy atom. The van der Waals surface area contributed by atoms with Crippen LogP contribution in [-0.4, -0.2) is 24.2 Å². The maximum absolute atomic E-state index is 12.9. The summed E-state index contributed by atoms with van der Waals surface area (Å²) in [5.41, 5.74) is 0.886. The third-order valence-electron chi connectivity index (χ3n) is 6.10. The van der Waals surface area contributed by atoms with E-state index >= 15 is 0 Å². The zero-order chi connectivity index (χ0) is 20.1. The first-order chi connectivity index (χ1) is 14.0. The average Bonchev–Trinajstić information content (AvgIpc) is 3.41. The van der Waals surface area contributed by atoms with Gasteiger partial charge in [0.15, 0.2) is 12.4 Å². The molecule has 2 aliphatic carbocycles. The van der Waals surface area contributed by atoms with Gasteiger partial charge >= 0.3 is 0 Å². The Hall–Kier alpha value is -3.28. The minimum Gasteiger partial charge on any atom is -0.485 e. The van der Waals surface area contributed by atoms with Crippen LogP contribution in [0.1, 0.15) is 16.8 Å². The standard InChI is InChI=1S/C23H18FNO4/c24-16-5-3-13(4-6-16)19(26)12-29-18-9-7-17(8-10-18)25-22(27)20-14-1-2-15(11-14)21(20)23(25)28/h1-10,14-15,20-21H,11-12H2. The van der Waals surface area contributed by atoms with Gasteiger partial charge in [0.1, 0.15) is 11.6 Å². The number of ether oxygens (including phenoxy) is 1. The number of anilines is 1. The lowest BCUT2D eigenvalue weighted by atomic mass is 9.85. The molecule has 5 nitrogen and oxygen atoms in total. The Labute approximate surface area is 166 Å². The van der Waals surface area contributed by atoms with Crippen molar-refractivity contribution in [2.24, 2.45) is 23.7 Å². The van der Waals surface area contributed by atoms with Crippen molar-refractivity contribution in [2.75, 3.05) is 11.5 Å². The summed E-state index contributed by atoms with van der Waals surface area (Å²) >= 11 is 0. The van der Waals surface area contributed by atoms with Gasteiger partial charge in [-0.2, -0.15) is 0 Å². The van der Waals surface area contributed by atoms with Gasteiger partial charge in [-0.15, -0.1) is 0 Å². The molecule has 1 saturated heterocycles.